The number of fused-ring (bicyclic) bond motifs is 2. The fraction of sp³-hybridized carbons (Fsp3) is 0.533. The Balaban J connectivity index is 0.00000208. The highest BCUT2D eigenvalue weighted by Gasteiger charge is 2.37. The summed E-state index contributed by atoms with van der Waals surface area (Å²) in [6, 6.07) is 4.02. The van der Waals surface area contributed by atoms with Gasteiger partial charge in [-0.2, -0.15) is 4.31 Å². The molecule has 24 heavy (non-hydrogen) atoms. The van der Waals surface area contributed by atoms with Crippen LogP contribution in [0.5, 0.6) is 0 Å². The summed E-state index contributed by atoms with van der Waals surface area (Å²) in [5.41, 5.74) is -0.530. The van der Waals surface area contributed by atoms with E-state index in [0.717, 1.165) is 26.0 Å². The van der Waals surface area contributed by atoms with Crippen LogP contribution in [0.1, 0.15) is 29.6 Å². The van der Waals surface area contributed by atoms with Crippen molar-refractivity contribution >= 4 is 28.4 Å². The van der Waals surface area contributed by atoms with Gasteiger partial charge >= 0.3 is 5.97 Å². The van der Waals surface area contributed by atoms with Gasteiger partial charge in [-0.15, -0.1) is 12.4 Å². The van der Waals surface area contributed by atoms with Crippen LogP contribution in [0, 0.1) is 5.82 Å². The first-order valence-electron chi connectivity index (χ1n) is 7.56. The highest BCUT2D eigenvalue weighted by molar-refractivity contribution is 7.89. The highest BCUT2D eigenvalue weighted by Crippen LogP contribution is 2.28. The summed E-state index contributed by atoms with van der Waals surface area (Å²) in [6.07, 6.45) is 2.67. The minimum Gasteiger partial charge on any atom is -0.465 e. The molecule has 0 saturated carbocycles. The van der Waals surface area contributed by atoms with Crippen LogP contribution in [-0.4, -0.2) is 51.0 Å². The molecule has 3 rings (SSSR count). The fourth-order valence-corrected chi connectivity index (χ4v) is 4.98. The Kier molecular flexibility index (Phi) is 5.85. The summed E-state index contributed by atoms with van der Waals surface area (Å²) in [7, 11) is -2.87. The van der Waals surface area contributed by atoms with Crippen LogP contribution >= 0.6 is 12.4 Å². The molecule has 134 valence electrons. The van der Waals surface area contributed by atoms with Crippen molar-refractivity contribution in [2.45, 2.75) is 36.2 Å². The minimum atomic E-state index is -3.96. The molecule has 2 atom stereocenters. The first kappa shape index (κ1) is 19.1. The topological polar surface area (TPSA) is 75.7 Å². The number of methoxy groups -OCH3 is 1. The molecule has 0 aliphatic carbocycles. The Morgan fingerprint density at radius 3 is 2.71 bits per heavy atom. The molecular weight excluding hydrogens is 359 g/mol. The van der Waals surface area contributed by atoms with Crippen molar-refractivity contribution in [1.29, 1.82) is 0 Å². The van der Waals surface area contributed by atoms with Crippen molar-refractivity contribution in [2.24, 2.45) is 0 Å². The van der Waals surface area contributed by atoms with Crippen molar-refractivity contribution < 1.29 is 22.3 Å². The molecule has 2 saturated heterocycles. The number of carbonyl (C=O) groups excluding carboxylic acids is 1. The Morgan fingerprint density at radius 1 is 1.29 bits per heavy atom. The number of carbonyl (C=O) groups is 1. The molecule has 2 bridgehead atoms. The summed E-state index contributed by atoms with van der Waals surface area (Å²) in [4.78, 5) is 11.5. The van der Waals surface area contributed by atoms with Gasteiger partial charge in [0.2, 0.25) is 10.0 Å². The lowest BCUT2D eigenvalue weighted by Crippen LogP contribution is -2.39. The minimum absolute atomic E-state index is 0. The highest BCUT2D eigenvalue weighted by atomic mass is 35.5. The third-order valence-corrected chi connectivity index (χ3v) is 6.38. The predicted octanol–water partition coefficient (Wildman–Crippen LogP) is 1.55. The van der Waals surface area contributed by atoms with E-state index >= 15 is 0 Å². The van der Waals surface area contributed by atoms with Crippen LogP contribution in [0.2, 0.25) is 0 Å². The van der Waals surface area contributed by atoms with Gasteiger partial charge in [0.1, 0.15) is 11.4 Å². The van der Waals surface area contributed by atoms with E-state index in [1.54, 1.807) is 0 Å². The first-order chi connectivity index (χ1) is 10.9. The van der Waals surface area contributed by atoms with E-state index in [0.29, 0.717) is 25.6 Å². The molecular formula is C15H20ClFN2O4S. The van der Waals surface area contributed by atoms with E-state index in [1.807, 2.05) is 0 Å². The second-order valence-corrected chi connectivity index (χ2v) is 7.80. The number of esters is 1. The quantitative estimate of drug-likeness (QED) is 0.808. The van der Waals surface area contributed by atoms with E-state index in [-0.39, 0.29) is 23.3 Å². The number of benzene rings is 1. The lowest BCUT2D eigenvalue weighted by Gasteiger charge is -2.24. The van der Waals surface area contributed by atoms with Gasteiger partial charge < -0.3 is 10.1 Å². The Hall–Kier alpha value is -1.22. The van der Waals surface area contributed by atoms with Crippen LogP contribution in [0.3, 0.4) is 0 Å². The second-order valence-electron chi connectivity index (χ2n) is 5.89. The lowest BCUT2D eigenvalue weighted by atomic mass is 10.1. The number of nitrogens with one attached hydrogen (secondary N) is 1. The summed E-state index contributed by atoms with van der Waals surface area (Å²) in [6.45, 7) is 0.684. The Morgan fingerprint density at radius 2 is 2.00 bits per heavy atom. The standard InChI is InChI=1S/C15H19FN2O4S.ClH/c1-22-15(19)14-12(16)3-2-4-13(14)23(20,21)18-8-7-10-5-6-11(9-18)17-10;/h2-4,10-11,17H,5-9H2,1H3;1H. The van der Waals surface area contributed by atoms with Gasteiger partial charge in [0.15, 0.2) is 0 Å². The van der Waals surface area contributed by atoms with Gasteiger partial charge in [-0.25, -0.2) is 17.6 Å². The molecule has 9 heteroatoms. The molecule has 2 unspecified atom stereocenters. The maximum atomic E-state index is 14.0. The molecule has 0 spiro atoms. The van der Waals surface area contributed by atoms with Crippen LogP contribution in [0.4, 0.5) is 4.39 Å². The Labute approximate surface area is 146 Å². The van der Waals surface area contributed by atoms with Gasteiger partial charge in [-0.3, -0.25) is 0 Å². The summed E-state index contributed by atoms with van der Waals surface area (Å²) >= 11 is 0. The average molecular weight is 379 g/mol. The van der Waals surface area contributed by atoms with E-state index in [1.165, 1.54) is 16.4 Å². The smallest absolute Gasteiger partial charge is 0.342 e. The zero-order chi connectivity index (χ0) is 16.6. The lowest BCUT2D eigenvalue weighted by molar-refractivity contribution is 0.0590. The van der Waals surface area contributed by atoms with E-state index in [9.17, 15) is 17.6 Å². The number of sulfonamides is 1. The molecule has 1 aromatic carbocycles. The molecule has 6 nitrogen and oxygen atoms in total. The second kappa shape index (κ2) is 7.35. The number of halogens is 2. The van der Waals surface area contributed by atoms with Gasteiger partial charge in [0, 0.05) is 25.2 Å². The molecule has 2 fully saturated rings. The van der Waals surface area contributed by atoms with Crippen LogP contribution in [0.15, 0.2) is 23.1 Å². The van der Waals surface area contributed by atoms with Gasteiger partial charge in [0.05, 0.1) is 12.0 Å². The van der Waals surface area contributed by atoms with Gasteiger partial charge in [0.25, 0.3) is 0 Å². The molecule has 0 radical (unpaired) electrons. The predicted molar refractivity (Wildman–Crippen MR) is 88.3 cm³/mol. The van der Waals surface area contributed by atoms with Crippen molar-refractivity contribution in [3.63, 3.8) is 0 Å². The normalized spacial score (nSPS) is 24.1. The monoisotopic (exact) mass is 378 g/mol. The Bertz CT molecular complexity index is 728. The summed E-state index contributed by atoms with van der Waals surface area (Å²) in [5, 5.41) is 3.39. The SMILES string of the molecule is COC(=O)c1c(F)cccc1S(=O)(=O)N1CCC2CCC(C1)N2.Cl. The van der Waals surface area contributed by atoms with Gasteiger partial charge in [-0.1, -0.05) is 6.07 Å². The van der Waals surface area contributed by atoms with Crippen molar-refractivity contribution in [1.82, 2.24) is 9.62 Å². The van der Waals surface area contributed by atoms with Crippen LogP contribution in [-0.2, 0) is 14.8 Å². The number of ether oxygens (including phenoxy) is 1. The summed E-state index contributed by atoms with van der Waals surface area (Å²) < 4.78 is 45.8. The average Bonchev–Trinajstić information content (AvgIpc) is 2.84. The molecule has 1 N–H and O–H groups in total. The van der Waals surface area contributed by atoms with Crippen LogP contribution in [0.25, 0.3) is 0 Å². The summed E-state index contributed by atoms with van der Waals surface area (Å²) in [5.74, 6) is -1.89. The van der Waals surface area contributed by atoms with Crippen molar-refractivity contribution in [3.8, 4) is 0 Å². The molecule has 2 aliphatic heterocycles. The maximum absolute atomic E-state index is 14.0. The number of hydrogen-bond donors (Lipinski definition) is 1. The molecule has 0 aromatic heterocycles. The third kappa shape index (κ3) is 3.42. The maximum Gasteiger partial charge on any atom is 0.342 e. The molecule has 2 aliphatic rings. The number of rotatable bonds is 3. The molecule has 2 heterocycles. The van der Waals surface area contributed by atoms with Gasteiger partial charge in [-0.05, 0) is 31.4 Å². The zero-order valence-electron chi connectivity index (χ0n) is 13.2. The largest absolute Gasteiger partial charge is 0.465 e. The first-order valence-corrected chi connectivity index (χ1v) is 9.00. The zero-order valence-corrected chi connectivity index (χ0v) is 14.8. The van der Waals surface area contributed by atoms with Crippen molar-refractivity contribution in [2.75, 3.05) is 20.2 Å². The number of nitrogens with zero attached hydrogens (tertiary/aromatic N) is 1. The fourth-order valence-electron chi connectivity index (χ4n) is 3.29. The van der Waals surface area contributed by atoms with E-state index < -0.39 is 27.4 Å². The van der Waals surface area contributed by atoms with Crippen LogP contribution < -0.4 is 5.32 Å². The molecule has 1 aromatic rings. The van der Waals surface area contributed by atoms with Crippen molar-refractivity contribution in [3.05, 3.63) is 29.6 Å². The van der Waals surface area contributed by atoms with E-state index in [4.69, 9.17) is 0 Å². The number of hydrogen-bond acceptors (Lipinski definition) is 5. The van der Waals surface area contributed by atoms with E-state index in [2.05, 4.69) is 10.1 Å². The molecule has 0 amide bonds. The third-order valence-electron chi connectivity index (χ3n) is 4.47.